The van der Waals surface area contributed by atoms with E-state index in [0.29, 0.717) is 16.9 Å². The van der Waals surface area contributed by atoms with Crippen molar-refractivity contribution >= 4 is 0 Å². The van der Waals surface area contributed by atoms with Crippen molar-refractivity contribution in [3.8, 4) is 28.6 Å². The highest BCUT2D eigenvalue weighted by Crippen LogP contribution is 2.36. The largest absolute Gasteiger partial charge is 0.380 e. The number of rotatable bonds is 5. The third-order valence-corrected chi connectivity index (χ3v) is 6.54. The number of ether oxygens (including phenoxy) is 1. The molecule has 2 aliphatic heterocycles. The normalized spacial score (nSPS) is 18.6. The van der Waals surface area contributed by atoms with Gasteiger partial charge < -0.3 is 9.64 Å². The third kappa shape index (κ3) is 4.27. The number of nitrogens with zero attached hydrogens (tertiary/aromatic N) is 5. The highest BCUT2D eigenvalue weighted by atomic mass is 16.5. The second kappa shape index (κ2) is 8.78. The first-order valence-corrected chi connectivity index (χ1v) is 11.2. The van der Waals surface area contributed by atoms with Gasteiger partial charge in [0.2, 0.25) is 0 Å². The fourth-order valence-electron chi connectivity index (χ4n) is 4.77. The van der Waals surface area contributed by atoms with E-state index in [1.165, 1.54) is 0 Å². The zero-order valence-electron chi connectivity index (χ0n) is 18.4. The smallest absolute Gasteiger partial charge is 0.159 e. The summed E-state index contributed by atoms with van der Waals surface area (Å²) in [5, 5.41) is 9.37. The Hall–Kier alpha value is -3.14. The molecule has 0 amide bonds. The molecule has 6 nitrogen and oxygen atoms in total. The summed E-state index contributed by atoms with van der Waals surface area (Å²) in [5.74, 6) is 1.09. The number of hydrogen-bond acceptors (Lipinski definition) is 6. The molecule has 0 N–H and O–H groups in total. The quantitative estimate of drug-likeness (QED) is 0.607. The van der Waals surface area contributed by atoms with E-state index in [1.807, 2.05) is 42.6 Å². The van der Waals surface area contributed by atoms with Crippen molar-refractivity contribution in [3.63, 3.8) is 0 Å². The number of nitriles is 1. The van der Waals surface area contributed by atoms with E-state index in [0.717, 1.165) is 73.9 Å². The lowest BCUT2D eigenvalue weighted by atomic mass is 9.85. The van der Waals surface area contributed by atoms with Gasteiger partial charge in [-0.25, -0.2) is 9.97 Å². The summed E-state index contributed by atoms with van der Waals surface area (Å²) in [6.45, 7) is 7.27. The Morgan fingerprint density at radius 2 is 1.91 bits per heavy atom. The minimum absolute atomic E-state index is 0.305. The molecular weight excluding hydrogens is 398 g/mol. The molecule has 4 heterocycles. The molecule has 0 bridgehead atoms. The summed E-state index contributed by atoms with van der Waals surface area (Å²) < 4.78 is 5.44. The predicted molar refractivity (Wildman–Crippen MR) is 123 cm³/mol. The molecule has 2 aromatic heterocycles. The third-order valence-electron chi connectivity index (χ3n) is 6.54. The molecule has 5 rings (SSSR count). The van der Waals surface area contributed by atoms with Crippen LogP contribution in [0.5, 0.6) is 0 Å². The molecule has 0 unspecified atom stereocenters. The van der Waals surface area contributed by atoms with Gasteiger partial charge in [-0.15, -0.1) is 0 Å². The van der Waals surface area contributed by atoms with Crippen LogP contribution in [0.15, 0.2) is 55.0 Å². The monoisotopic (exact) mass is 425 g/mol. The summed E-state index contributed by atoms with van der Waals surface area (Å²) in [4.78, 5) is 16.4. The van der Waals surface area contributed by atoms with Crippen molar-refractivity contribution < 1.29 is 4.74 Å². The van der Waals surface area contributed by atoms with E-state index >= 15 is 0 Å². The van der Waals surface area contributed by atoms with E-state index in [4.69, 9.17) is 9.72 Å². The van der Waals surface area contributed by atoms with Gasteiger partial charge in [-0.3, -0.25) is 4.98 Å². The number of aromatic nitrogens is 3. The Kier molecular flexibility index (Phi) is 5.69. The Bertz CT molecular complexity index is 1130. The summed E-state index contributed by atoms with van der Waals surface area (Å²) >= 11 is 0. The van der Waals surface area contributed by atoms with Crippen LogP contribution >= 0.6 is 0 Å². The molecule has 0 radical (unpaired) electrons. The number of piperidine rings is 1. The molecule has 2 saturated heterocycles. The maximum Gasteiger partial charge on any atom is 0.159 e. The Balaban J connectivity index is 1.45. The topological polar surface area (TPSA) is 74.9 Å². The van der Waals surface area contributed by atoms with Gasteiger partial charge in [0.05, 0.1) is 30.5 Å². The zero-order chi connectivity index (χ0) is 22.0. The van der Waals surface area contributed by atoms with Crippen molar-refractivity contribution in [3.05, 3.63) is 66.2 Å². The van der Waals surface area contributed by atoms with Crippen molar-refractivity contribution in [2.45, 2.75) is 25.7 Å². The van der Waals surface area contributed by atoms with Gasteiger partial charge in [0.1, 0.15) is 0 Å². The molecule has 0 atom stereocenters. The van der Waals surface area contributed by atoms with Crippen molar-refractivity contribution in [1.82, 2.24) is 19.9 Å². The van der Waals surface area contributed by atoms with E-state index < -0.39 is 0 Å². The fourth-order valence-corrected chi connectivity index (χ4v) is 4.77. The number of hydrogen-bond donors (Lipinski definition) is 0. The minimum atomic E-state index is 0.305. The molecule has 2 fully saturated rings. The molecular formula is C26H27N5O. The van der Waals surface area contributed by atoms with Gasteiger partial charge >= 0.3 is 0 Å². The fraction of sp³-hybridized carbons (Fsp3) is 0.385. The van der Waals surface area contributed by atoms with E-state index in [1.54, 1.807) is 12.4 Å². The standard InChI is InChI=1S/C26H27N5O/c1-26(17-32-18-26)16-31-11-7-20(8-12-31)24-23(22-4-2-3-19(13-22)14-27)15-29-25(30-24)21-5-9-28-10-6-21/h2-6,9-10,13,15,20H,7-8,11-12,16-18H2,1H3. The van der Waals surface area contributed by atoms with Crippen LogP contribution in [0.4, 0.5) is 0 Å². The van der Waals surface area contributed by atoms with Crippen LogP contribution < -0.4 is 0 Å². The van der Waals surface area contributed by atoms with Crippen molar-refractivity contribution in [2.75, 3.05) is 32.8 Å². The molecule has 32 heavy (non-hydrogen) atoms. The summed E-state index contributed by atoms with van der Waals surface area (Å²) in [5.41, 5.74) is 5.03. The number of pyridine rings is 1. The average Bonchev–Trinajstić information content (AvgIpc) is 2.84. The highest BCUT2D eigenvalue weighted by Gasteiger charge is 2.36. The van der Waals surface area contributed by atoms with Gasteiger partial charge in [0.25, 0.3) is 0 Å². The SMILES string of the molecule is CC1(CN2CCC(c3nc(-c4ccncc4)ncc3-c3cccc(C#N)c3)CC2)COC1. The van der Waals surface area contributed by atoms with Crippen LogP contribution in [0.3, 0.4) is 0 Å². The summed E-state index contributed by atoms with van der Waals surface area (Å²) in [6.07, 6.45) is 7.59. The lowest BCUT2D eigenvalue weighted by molar-refractivity contribution is -0.116. The minimum Gasteiger partial charge on any atom is -0.380 e. The first-order valence-electron chi connectivity index (χ1n) is 11.2. The molecule has 1 aromatic carbocycles. The van der Waals surface area contributed by atoms with E-state index in [-0.39, 0.29) is 0 Å². The van der Waals surface area contributed by atoms with Gasteiger partial charge in [0, 0.05) is 47.6 Å². The van der Waals surface area contributed by atoms with Gasteiger partial charge in [-0.1, -0.05) is 19.1 Å². The lowest BCUT2D eigenvalue weighted by Gasteiger charge is -2.43. The Morgan fingerprint density at radius 3 is 2.59 bits per heavy atom. The molecule has 2 aliphatic rings. The molecule has 3 aromatic rings. The highest BCUT2D eigenvalue weighted by molar-refractivity contribution is 5.69. The van der Waals surface area contributed by atoms with Gasteiger partial charge in [0.15, 0.2) is 5.82 Å². The van der Waals surface area contributed by atoms with Crippen LogP contribution in [0.2, 0.25) is 0 Å². The Morgan fingerprint density at radius 1 is 1.12 bits per heavy atom. The predicted octanol–water partition coefficient (Wildman–Crippen LogP) is 4.29. The molecule has 162 valence electrons. The molecule has 0 aliphatic carbocycles. The Labute approximate surface area is 188 Å². The average molecular weight is 426 g/mol. The van der Waals surface area contributed by atoms with Crippen LogP contribution in [0, 0.1) is 16.7 Å². The lowest BCUT2D eigenvalue weighted by Crippen LogP contribution is -2.50. The molecule has 6 heteroatoms. The van der Waals surface area contributed by atoms with Crippen molar-refractivity contribution in [1.29, 1.82) is 5.26 Å². The maximum atomic E-state index is 9.37. The van der Waals surface area contributed by atoms with E-state index in [2.05, 4.69) is 27.9 Å². The number of likely N-dealkylation sites (tertiary alicyclic amines) is 1. The molecule has 0 spiro atoms. The second-order valence-corrected chi connectivity index (χ2v) is 9.27. The van der Waals surface area contributed by atoms with Crippen LogP contribution in [-0.2, 0) is 4.74 Å². The van der Waals surface area contributed by atoms with Crippen LogP contribution in [0.1, 0.15) is 36.9 Å². The van der Waals surface area contributed by atoms with Crippen LogP contribution in [-0.4, -0.2) is 52.7 Å². The van der Waals surface area contributed by atoms with Crippen LogP contribution in [0.25, 0.3) is 22.5 Å². The first kappa shape index (κ1) is 20.7. The maximum absolute atomic E-state index is 9.37. The van der Waals surface area contributed by atoms with Gasteiger partial charge in [-0.2, -0.15) is 5.26 Å². The summed E-state index contributed by atoms with van der Waals surface area (Å²) in [7, 11) is 0. The second-order valence-electron chi connectivity index (χ2n) is 9.27. The summed E-state index contributed by atoms with van der Waals surface area (Å²) in [6, 6.07) is 13.9. The zero-order valence-corrected chi connectivity index (χ0v) is 18.4. The van der Waals surface area contributed by atoms with Crippen molar-refractivity contribution in [2.24, 2.45) is 5.41 Å². The molecule has 0 saturated carbocycles. The van der Waals surface area contributed by atoms with E-state index in [9.17, 15) is 5.26 Å². The number of benzene rings is 1. The van der Waals surface area contributed by atoms with Gasteiger partial charge in [-0.05, 0) is 55.8 Å². The first-order chi connectivity index (χ1) is 15.6.